The summed E-state index contributed by atoms with van der Waals surface area (Å²) in [6.07, 6.45) is 3.66. The topological polar surface area (TPSA) is 46.6 Å². The summed E-state index contributed by atoms with van der Waals surface area (Å²) in [4.78, 5) is 24.2. The highest BCUT2D eigenvalue weighted by molar-refractivity contribution is 6.37. The van der Waals surface area contributed by atoms with Crippen LogP contribution in [0, 0.1) is 5.92 Å². The second-order valence-corrected chi connectivity index (χ2v) is 3.70. The summed E-state index contributed by atoms with van der Waals surface area (Å²) < 4.78 is 5.20. The van der Waals surface area contributed by atoms with Gasteiger partial charge in [-0.15, -0.1) is 0 Å². The van der Waals surface area contributed by atoms with Gasteiger partial charge in [0.15, 0.2) is 5.78 Å². The molecule has 1 aliphatic rings. The molecule has 15 heavy (non-hydrogen) atoms. The summed E-state index contributed by atoms with van der Waals surface area (Å²) in [7, 11) is 0. The summed E-state index contributed by atoms with van der Waals surface area (Å²) in [6.45, 7) is 6.18. The third-order valence-corrected chi connectivity index (χ3v) is 2.39. The molecule has 4 nitrogen and oxygen atoms in total. The van der Waals surface area contributed by atoms with E-state index in [0.29, 0.717) is 0 Å². The van der Waals surface area contributed by atoms with Gasteiger partial charge in [-0.05, 0) is 6.20 Å². The minimum absolute atomic E-state index is 0.328. The fraction of sp³-hybridized carbons (Fsp3) is 0.636. The molecular formula is C11H17NO3. The van der Waals surface area contributed by atoms with Crippen LogP contribution in [0.15, 0.2) is 12.3 Å². The van der Waals surface area contributed by atoms with Crippen LogP contribution < -0.4 is 0 Å². The van der Waals surface area contributed by atoms with E-state index in [1.165, 1.54) is 6.92 Å². The van der Waals surface area contributed by atoms with Crippen LogP contribution in [0.3, 0.4) is 0 Å². The van der Waals surface area contributed by atoms with Crippen molar-refractivity contribution in [1.29, 1.82) is 0 Å². The summed E-state index contributed by atoms with van der Waals surface area (Å²) in [5, 5.41) is 0. The van der Waals surface area contributed by atoms with Crippen LogP contribution in [0.25, 0.3) is 0 Å². The van der Waals surface area contributed by atoms with Crippen molar-refractivity contribution in [3.63, 3.8) is 0 Å². The van der Waals surface area contributed by atoms with Crippen molar-refractivity contribution in [2.24, 2.45) is 5.92 Å². The standard InChI is InChI=1S/C11H17NO3/c1-9(11(14)10(2)13)3-4-12-5-7-15-8-6-12/h3-4,9H,5-8H2,1-2H3/b4-3+. The van der Waals surface area contributed by atoms with Gasteiger partial charge in [0.05, 0.1) is 13.2 Å². The van der Waals surface area contributed by atoms with Crippen molar-refractivity contribution in [2.75, 3.05) is 26.3 Å². The van der Waals surface area contributed by atoms with Crippen LogP contribution in [0.2, 0.25) is 0 Å². The lowest BCUT2D eigenvalue weighted by molar-refractivity contribution is -0.136. The fourth-order valence-electron chi connectivity index (χ4n) is 1.39. The van der Waals surface area contributed by atoms with Crippen LogP contribution in [-0.2, 0) is 14.3 Å². The molecule has 1 rings (SSSR count). The zero-order valence-electron chi connectivity index (χ0n) is 9.23. The number of nitrogens with zero attached hydrogens (tertiary/aromatic N) is 1. The number of ether oxygens (including phenoxy) is 1. The van der Waals surface area contributed by atoms with E-state index in [9.17, 15) is 9.59 Å². The highest BCUT2D eigenvalue weighted by atomic mass is 16.5. The van der Waals surface area contributed by atoms with E-state index in [-0.39, 0.29) is 17.5 Å². The van der Waals surface area contributed by atoms with E-state index in [1.54, 1.807) is 13.0 Å². The smallest absolute Gasteiger partial charge is 0.204 e. The van der Waals surface area contributed by atoms with Gasteiger partial charge in [0.1, 0.15) is 0 Å². The number of hydrogen-bond acceptors (Lipinski definition) is 4. The molecule has 4 heteroatoms. The molecule has 84 valence electrons. The molecule has 1 aliphatic heterocycles. The van der Waals surface area contributed by atoms with Crippen molar-refractivity contribution in [3.05, 3.63) is 12.3 Å². The predicted octanol–water partition coefficient (Wildman–Crippen LogP) is 0.627. The van der Waals surface area contributed by atoms with E-state index >= 15 is 0 Å². The van der Waals surface area contributed by atoms with Gasteiger partial charge in [-0.2, -0.15) is 0 Å². The summed E-state index contributed by atoms with van der Waals surface area (Å²) in [6, 6.07) is 0. The molecular weight excluding hydrogens is 194 g/mol. The highest BCUT2D eigenvalue weighted by Crippen LogP contribution is 2.03. The van der Waals surface area contributed by atoms with E-state index in [1.807, 2.05) is 6.20 Å². The van der Waals surface area contributed by atoms with Crippen LogP contribution in [0.4, 0.5) is 0 Å². The largest absolute Gasteiger partial charge is 0.378 e. The Morgan fingerprint density at radius 2 is 1.93 bits per heavy atom. The molecule has 0 aromatic carbocycles. The van der Waals surface area contributed by atoms with Gasteiger partial charge in [0.25, 0.3) is 0 Å². The Balaban J connectivity index is 2.41. The Morgan fingerprint density at radius 3 is 2.47 bits per heavy atom. The average molecular weight is 211 g/mol. The van der Waals surface area contributed by atoms with E-state index < -0.39 is 0 Å². The molecule has 1 saturated heterocycles. The van der Waals surface area contributed by atoms with E-state index in [4.69, 9.17) is 4.74 Å². The maximum atomic E-state index is 11.3. The number of allylic oxidation sites excluding steroid dienone is 1. The molecule has 0 saturated carbocycles. The summed E-state index contributed by atoms with van der Waals surface area (Å²) >= 11 is 0. The van der Waals surface area contributed by atoms with Crippen LogP contribution in [-0.4, -0.2) is 42.8 Å². The third-order valence-electron chi connectivity index (χ3n) is 2.39. The summed E-state index contributed by atoms with van der Waals surface area (Å²) in [5.41, 5.74) is 0. The first kappa shape index (κ1) is 11.9. The summed E-state index contributed by atoms with van der Waals surface area (Å²) in [5.74, 6) is -1.04. The highest BCUT2D eigenvalue weighted by Gasteiger charge is 2.14. The molecule has 1 fully saturated rings. The Hall–Kier alpha value is -1.16. The number of hydrogen-bond donors (Lipinski definition) is 0. The van der Waals surface area contributed by atoms with Crippen molar-refractivity contribution < 1.29 is 14.3 Å². The van der Waals surface area contributed by atoms with Crippen molar-refractivity contribution in [2.45, 2.75) is 13.8 Å². The lowest BCUT2D eigenvalue weighted by Crippen LogP contribution is -2.32. The Kier molecular flexibility index (Phi) is 4.49. The lowest BCUT2D eigenvalue weighted by atomic mass is 10.0. The Morgan fingerprint density at radius 1 is 1.33 bits per heavy atom. The monoisotopic (exact) mass is 211 g/mol. The first-order valence-electron chi connectivity index (χ1n) is 5.16. The van der Waals surface area contributed by atoms with E-state index in [2.05, 4.69) is 4.90 Å². The molecule has 1 heterocycles. The number of ketones is 2. The molecule has 0 bridgehead atoms. The van der Waals surface area contributed by atoms with Crippen molar-refractivity contribution in [3.8, 4) is 0 Å². The predicted molar refractivity (Wildman–Crippen MR) is 56.4 cm³/mol. The first-order chi connectivity index (χ1) is 7.11. The zero-order valence-corrected chi connectivity index (χ0v) is 9.23. The minimum atomic E-state index is -0.380. The minimum Gasteiger partial charge on any atom is -0.378 e. The van der Waals surface area contributed by atoms with Crippen LogP contribution in [0.1, 0.15) is 13.8 Å². The fourth-order valence-corrected chi connectivity index (χ4v) is 1.39. The molecule has 0 aliphatic carbocycles. The van der Waals surface area contributed by atoms with Crippen molar-refractivity contribution >= 4 is 11.6 Å². The van der Waals surface area contributed by atoms with Crippen molar-refractivity contribution in [1.82, 2.24) is 4.90 Å². The average Bonchev–Trinajstić information content (AvgIpc) is 2.26. The molecule has 0 N–H and O–H groups in total. The second-order valence-electron chi connectivity index (χ2n) is 3.70. The SMILES string of the molecule is CC(=O)C(=O)C(C)/C=C/N1CCOCC1. The van der Waals surface area contributed by atoms with Gasteiger partial charge in [-0.1, -0.05) is 13.0 Å². The number of Topliss-reactive ketones (excluding diaryl/α,β-unsaturated/α-hetero) is 2. The lowest BCUT2D eigenvalue weighted by Gasteiger charge is -2.25. The molecule has 0 amide bonds. The van der Waals surface area contributed by atoms with Gasteiger partial charge in [-0.3, -0.25) is 9.59 Å². The quantitative estimate of drug-likeness (QED) is 0.640. The molecule has 0 aromatic heterocycles. The molecule has 0 spiro atoms. The van der Waals surface area contributed by atoms with Gasteiger partial charge < -0.3 is 9.64 Å². The molecule has 1 unspecified atom stereocenters. The Labute approximate surface area is 89.9 Å². The van der Waals surface area contributed by atoms with Gasteiger partial charge in [0, 0.05) is 25.9 Å². The molecule has 0 radical (unpaired) electrons. The number of morpholine rings is 1. The normalized spacial score (nSPS) is 19.2. The first-order valence-corrected chi connectivity index (χ1v) is 5.16. The number of rotatable bonds is 4. The molecule has 0 aromatic rings. The second kappa shape index (κ2) is 5.66. The maximum Gasteiger partial charge on any atom is 0.204 e. The number of carbonyl (C=O) groups is 2. The van der Waals surface area contributed by atoms with Gasteiger partial charge >= 0.3 is 0 Å². The maximum absolute atomic E-state index is 11.3. The van der Waals surface area contributed by atoms with E-state index in [0.717, 1.165) is 26.3 Å². The van der Waals surface area contributed by atoms with Gasteiger partial charge in [0.2, 0.25) is 5.78 Å². The van der Waals surface area contributed by atoms with Gasteiger partial charge in [-0.25, -0.2) is 0 Å². The third kappa shape index (κ3) is 3.83. The zero-order chi connectivity index (χ0) is 11.3. The Bertz CT molecular complexity index is 267. The number of carbonyl (C=O) groups excluding carboxylic acids is 2. The van der Waals surface area contributed by atoms with Crippen LogP contribution >= 0.6 is 0 Å². The molecule has 1 atom stereocenters. The van der Waals surface area contributed by atoms with Crippen LogP contribution in [0.5, 0.6) is 0 Å².